The molecule has 0 unspecified atom stereocenters. The van der Waals surface area contributed by atoms with Gasteiger partial charge in [0, 0.05) is 17.5 Å². The quantitative estimate of drug-likeness (QED) is 0.645. The Labute approximate surface area is 152 Å². The Morgan fingerprint density at radius 2 is 1.92 bits per heavy atom. The number of rotatable bonds is 6. The van der Waals surface area contributed by atoms with E-state index >= 15 is 0 Å². The molecule has 8 heteroatoms. The number of benzene rings is 1. The molecule has 126 valence electrons. The van der Waals surface area contributed by atoms with Gasteiger partial charge in [-0.3, -0.25) is 0 Å². The highest BCUT2D eigenvalue weighted by atomic mass is 79.9. The number of thiophene rings is 1. The Hall–Kier alpha value is -1.48. The Balaban J connectivity index is 1.73. The first kappa shape index (κ1) is 17.3. The van der Waals surface area contributed by atoms with Crippen LogP contribution in [0, 0.1) is 5.82 Å². The highest BCUT2D eigenvalue weighted by molar-refractivity contribution is 9.11. The second-order valence-corrected chi connectivity index (χ2v) is 9.56. The van der Waals surface area contributed by atoms with Gasteiger partial charge in [-0.1, -0.05) is 18.2 Å². The molecule has 3 rings (SSSR count). The van der Waals surface area contributed by atoms with Gasteiger partial charge in [0.15, 0.2) is 0 Å². The smallest absolute Gasteiger partial charge is 0.250 e. The zero-order valence-electron chi connectivity index (χ0n) is 12.4. The molecule has 0 fully saturated rings. The van der Waals surface area contributed by atoms with Crippen LogP contribution in [0.1, 0.15) is 11.3 Å². The fraction of sp³-hybridized carbons (Fsp3) is 0.125. The number of sulfonamides is 1. The monoisotopic (exact) mass is 428 g/mol. The topological polar surface area (TPSA) is 51.1 Å². The average molecular weight is 429 g/mol. The number of nitrogens with zero attached hydrogens (tertiary/aromatic N) is 1. The van der Waals surface area contributed by atoms with Crippen LogP contribution in [0.5, 0.6) is 0 Å². The largest absolute Gasteiger partial charge is 0.346 e. The molecule has 1 N–H and O–H groups in total. The van der Waals surface area contributed by atoms with Gasteiger partial charge in [0.2, 0.25) is 10.0 Å². The molecule has 24 heavy (non-hydrogen) atoms. The summed E-state index contributed by atoms with van der Waals surface area (Å²) in [7, 11) is -3.56. The van der Waals surface area contributed by atoms with Gasteiger partial charge in [0.25, 0.3) is 0 Å². The zero-order chi connectivity index (χ0) is 17.2. The van der Waals surface area contributed by atoms with Crippen LogP contribution in [0.15, 0.2) is 62.7 Å². The molecule has 0 aliphatic heterocycles. The van der Waals surface area contributed by atoms with Gasteiger partial charge in [-0.25, -0.2) is 17.5 Å². The predicted octanol–water partition coefficient (Wildman–Crippen LogP) is 3.98. The molecule has 0 amide bonds. The molecule has 2 heterocycles. The van der Waals surface area contributed by atoms with Crippen LogP contribution in [-0.2, 0) is 23.1 Å². The number of nitrogens with one attached hydrogen (secondary N) is 1. The van der Waals surface area contributed by atoms with Crippen molar-refractivity contribution in [1.29, 1.82) is 0 Å². The fourth-order valence-corrected chi connectivity index (χ4v) is 5.31. The number of aromatic nitrogens is 1. The first-order valence-electron chi connectivity index (χ1n) is 7.08. The molecule has 0 aliphatic rings. The number of hydrogen-bond donors (Lipinski definition) is 1. The molecule has 3 aromatic rings. The average Bonchev–Trinajstić information content (AvgIpc) is 3.17. The molecule has 0 bridgehead atoms. The summed E-state index contributed by atoms with van der Waals surface area (Å²) in [4.78, 5) is 0. The SMILES string of the molecule is O=S(=O)(NCc1cccn1Cc1ccccc1F)c1ccc(Br)s1. The summed E-state index contributed by atoms with van der Waals surface area (Å²) in [6.07, 6.45) is 1.80. The van der Waals surface area contributed by atoms with Crippen molar-refractivity contribution in [2.45, 2.75) is 17.3 Å². The van der Waals surface area contributed by atoms with Gasteiger partial charge in [0.05, 0.1) is 16.9 Å². The normalized spacial score (nSPS) is 11.8. The lowest BCUT2D eigenvalue weighted by Gasteiger charge is -2.11. The van der Waals surface area contributed by atoms with Crippen LogP contribution in [0.2, 0.25) is 0 Å². The molecular weight excluding hydrogens is 415 g/mol. The van der Waals surface area contributed by atoms with E-state index in [1.165, 1.54) is 6.07 Å². The third-order valence-corrected chi connectivity index (χ3v) is 7.00. The zero-order valence-corrected chi connectivity index (χ0v) is 15.7. The maximum Gasteiger partial charge on any atom is 0.250 e. The van der Waals surface area contributed by atoms with E-state index in [9.17, 15) is 12.8 Å². The van der Waals surface area contributed by atoms with Crippen molar-refractivity contribution in [1.82, 2.24) is 9.29 Å². The fourth-order valence-electron chi connectivity index (χ4n) is 2.26. The van der Waals surface area contributed by atoms with Crippen LogP contribution in [0.25, 0.3) is 0 Å². The van der Waals surface area contributed by atoms with E-state index in [0.29, 0.717) is 12.1 Å². The highest BCUT2D eigenvalue weighted by Gasteiger charge is 2.17. The first-order valence-corrected chi connectivity index (χ1v) is 10.2. The Kier molecular flexibility index (Phi) is 5.19. The van der Waals surface area contributed by atoms with Crippen molar-refractivity contribution >= 4 is 37.3 Å². The van der Waals surface area contributed by atoms with E-state index < -0.39 is 10.0 Å². The lowest BCUT2D eigenvalue weighted by atomic mass is 10.2. The molecule has 0 saturated carbocycles. The van der Waals surface area contributed by atoms with Gasteiger partial charge >= 0.3 is 0 Å². The molecule has 0 aliphatic carbocycles. The third kappa shape index (κ3) is 3.94. The highest BCUT2D eigenvalue weighted by Crippen LogP contribution is 2.26. The van der Waals surface area contributed by atoms with Gasteiger partial charge in [-0.2, -0.15) is 0 Å². The lowest BCUT2D eigenvalue weighted by Crippen LogP contribution is -2.24. The molecule has 0 radical (unpaired) electrons. The maximum atomic E-state index is 13.8. The summed E-state index contributed by atoms with van der Waals surface area (Å²) in [5, 5.41) is 0. The number of hydrogen-bond acceptors (Lipinski definition) is 3. The minimum Gasteiger partial charge on any atom is -0.346 e. The Morgan fingerprint density at radius 3 is 2.62 bits per heavy atom. The lowest BCUT2D eigenvalue weighted by molar-refractivity contribution is 0.576. The van der Waals surface area contributed by atoms with E-state index in [2.05, 4.69) is 20.7 Å². The van der Waals surface area contributed by atoms with E-state index in [1.807, 2.05) is 16.7 Å². The summed E-state index contributed by atoms with van der Waals surface area (Å²) in [5.74, 6) is -0.277. The molecule has 4 nitrogen and oxygen atoms in total. The summed E-state index contributed by atoms with van der Waals surface area (Å²) in [5.41, 5.74) is 1.32. The number of halogens is 2. The van der Waals surface area contributed by atoms with Gasteiger partial charge in [-0.05, 0) is 46.3 Å². The van der Waals surface area contributed by atoms with Crippen LogP contribution >= 0.6 is 27.3 Å². The van der Waals surface area contributed by atoms with Crippen LogP contribution < -0.4 is 4.72 Å². The van der Waals surface area contributed by atoms with Crippen molar-refractivity contribution in [3.05, 3.63) is 75.6 Å². The van der Waals surface area contributed by atoms with Crippen LogP contribution in [-0.4, -0.2) is 13.0 Å². The van der Waals surface area contributed by atoms with Gasteiger partial charge in [0.1, 0.15) is 10.0 Å². The standard InChI is InChI=1S/C16H14BrFN2O2S2/c17-15-7-8-16(23-15)24(21,22)19-10-13-5-3-9-20(13)11-12-4-1-2-6-14(12)18/h1-9,19H,10-11H2. The first-order chi connectivity index (χ1) is 11.5. The molecule has 1 aromatic carbocycles. The van der Waals surface area contributed by atoms with Crippen molar-refractivity contribution in [3.63, 3.8) is 0 Å². The minimum absolute atomic E-state index is 0.138. The van der Waals surface area contributed by atoms with Crippen LogP contribution in [0.3, 0.4) is 0 Å². The Morgan fingerprint density at radius 1 is 1.12 bits per heavy atom. The molecule has 0 atom stereocenters. The summed E-state index contributed by atoms with van der Waals surface area (Å²) >= 11 is 4.41. The van der Waals surface area contributed by atoms with E-state index in [-0.39, 0.29) is 16.6 Å². The Bertz CT molecular complexity index is 950. The predicted molar refractivity (Wildman–Crippen MR) is 96.0 cm³/mol. The second kappa shape index (κ2) is 7.18. The summed E-state index contributed by atoms with van der Waals surface area (Å²) < 4.78 is 43.7. The molecule has 2 aromatic heterocycles. The van der Waals surface area contributed by atoms with E-state index in [4.69, 9.17) is 0 Å². The van der Waals surface area contributed by atoms with Crippen molar-refractivity contribution in [2.24, 2.45) is 0 Å². The van der Waals surface area contributed by atoms with Crippen molar-refractivity contribution in [2.75, 3.05) is 0 Å². The van der Waals surface area contributed by atoms with Crippen molar-refractivity contribution < 1.29 is 12.8 Å². The maximum absolute atomic E-state index is 13.8. The molecule has 0 saturated heterocycles. The third-order valence-electron chi connectivity index (χ3n) is 3.48. The molecule has 0 spiro atoms. The second-order valence-electron chi connectivity index (χ2n) is 5.10. The van der Waals surface area contributed by atoms with E-state index in [0.717, 1.165) is 20.8 Å². The molecular formula is C16H14BrFN2O2S2. The van der Waals surface area contributed by atoms with Crippen LogP contribution in [0.4, 0.5) is 4.39 Å². The van der Waals surface area contributed by atoms with Gasteiger partial charge < -0.3 is 4.57 Å². The van der Waals surface area contributed by atoms with Gasteiger partial charge in [-0.15, -0.1) is 11.3 Å². The van der Waals surface area contributed by atoms with E-state index in [1.54, 1.807) is 36.5 Å². The minimum atomic E-state index is -3.56. The summed E-state index contributed by atoms with van der Waals surface area (Å²) in [6.45, 7) is 0.487. The van der Waals surface area contributed by atoms with Crippen molar-refractivity contribution in [3.8, 4) is 0 Å². The summed E-state index contributed by atoms with van der Waals surface area (Å²) in [6, 6.07) is 13.4.